The fourth-order valence-corrected chi connectivity index (χ4v) is 3.36. The van der Waals surface area contributed by atoms with Gasteiger partial charge in [-0.1, -0.05) is 18.2 Å². The lowest BCUT2D eigenvalue weighted by atomic mass is 9.96. The van der Waals surface area contributed by atoms with Gasteiger partial charge in [0.15, 0.2) is 5.96 Å². The topological polar surface area (TPSA) is 50.0 Å². The number of furan rings is 1. The zero-order valence-electron chi connectivity index (χ0n) is 15.7. The van der Waals surface area contributed by atoms with E-state index in [9.17, 15) is 0 Å². The molecular weight excluding hydrogens is 441 g/mol. The normalized spacial score (nSPS) is 15.7. The van der Waals surface area contributed by atoms with Crippen LogP contribution in [0.2, 0.25) is 0 Å². The number of hydrogen-bond donors (Lipinski definition) is 1. The maximum absolute atomic E-state index is 5.87. The minimum absolute atomic E-state index is 0. The van der Waals surface area contributed by atoms with Crippen LogP contribution in [0.3, 0.4) is 0 Å². The van der Waals surface area contributed by atoms with Gasteiger partial charge in [-0.2, -0.15) is 0 Å². The van der Waals surface area contributed by atoms with Crippen LogP contribution in [0.4, 0.5) is 0 Å². The first kappa shape index (κ1) is 21.0. The third-order valence-corrected chi connectivity index (χ3v) is 4.92. The molecular formula is C20H30IN3O2. The first-order valence-corrected chi connectivity index (χ1v) is 9.23. The van der Waals surface area contributed by atoms with Crippen molar-refractivity contribution >= 4 is 40.9 Å². The quantitative estimate of drug-likeness (QED) is 0.394. The van der Waals surface area contributed by atoms with Gasteiger partial charge in [-0.15, -0.1) is 24.0 Å². The molecule has 0 aliphatic carbocycles. The van der Waals surface area contributed by atoms with Crippen molar-refractivity contribution in [2.24, 2.45) is 10.9 Å². The number of benzene rings is 1. The van der Waals surface area contributed by atoms with Gasteiger partial charge in [-0.25, -0.2) is 0 Å². The lowest BCUT2D eigenvalue weighted by molar-refractivity contribution is 0.0625. The van der Waals surface area contributed by atoms with Gasteiger partial charge in [0.05, 0.1) is 0 Å². The summed E-state index contributed by atoms with van der Waals surface area (Å²) >= 11 is 0. The Morgan fingerprint density at radius 1 is 1.27 bits per heavy atom. The van der Waals surface area contributed by atoms with Crippen molar-refractivity contribution in [2.75, 3.05) is 40.4 Å². The monoisotopic (exact) mass is 471 g/mol. The number of hydrogen-bond acceptors (Lipinski definition) is 3. The van der Waals surface area contributed by atoms with Crippen molar-refractivity contribution in [3.05, 3.63) is 36.1 Å². The smallest absolute Gasteiger partial charge is 0.193 e. The maximum Gasteiger partial charge on any atom is 0.193 e. The highest BCUT2D eigenvalue weighted by Gasteiger charge is 2.15. The molecule has 1 fully saturated rings. The second-order valence-electron chi connectivity index (χ2n) is 6.74. The van der Waals surface area contributed by atoms with Crippen molar-refractivity contribution in [3.63, 3.8) is 0 Å². The summed E-state index contributed by atoms with van der Waals surface area (Å²) in [6.07, 6.45) is 4.42. The van der Waals surface area contributed by atoms with E-state index in [2.05, 4.69) is 34.4 Å². The second-order valence-corrected chi connectivity index (χ2v) is 6.74. The lowest BCUT2D eigenvalue weighted by Gasteiger charge is -2.26. The summed E-state index contributed by atoms with van der Waals surface area (Å²) in [5, 5.41) is 4.60. The van der Waals surface area contributed by atoms with Crippen LogP contribution in [-0.4, -0.2) is 51.3 Å². The summed E-state index contributed by atoms with van der Waals surface area (Å²) in [5.41, 5.74) is 0.954. The number of halogens is 1. The van der Waals surface area contributed by atoms with Gasteiger partial charge in [-0.3, -0.25) is 4.99 Å². The number of ether oxygens (including phenoxy) is 1. The van der Waals surface area contributed by atoms with Crippen molar-refractivity contribution in [2.45, 2.75) is 25.7 Å². The molecule has 0 atom stereocenters. The summed E-state index contributed by atoms with van der Waals surface area (Å²) in [7, 11) is 3.95. The Balaban J connectivity index is 0.00000243. The summed E-state index contributed by atoms with van der Waals surface area (Å²) in [4.78, 5) is 6.62. The molecule has 1 N–H and O–H groups in total. The van der Waals surface area contributed by atoms with E-state index >= 15 is 0 Å². The highest BCUT2D eigenvalue weighted by Crippen LogP contribution is 2.19. The molecule has 5 nitrogen and oxygen atoms in total. The number of aliphatic imine (C=N–C) groups is 1. The molecule has 2 aromatic rings. The van der Waals surface area contributed by atoms with E-state index < -0.39 is 0 Å². The molecule has 0 bridgehead atoms. The van der Waals surface area contributed by atoms with Crippen molar-refractivity contribution < 1.29 is 9.15 Å². The molecule has 0 saturated carbocycles. The molecule has 0 spiro atoms. The van der Waals surface area contributed by atoms with E-state index in [4.69, 9.17) is 9.15 Å². The highest BCUT2D eigenvalue weighted by atomic mass is 127. The predicted molar refractivity (Wildman–Crippen MR) is 117 cm³/mol. The molecule has 1 aromatic heterocycles. The SMILES string of the molecule is CN=C(NCCc1cc2ccccc2o1)N(C)CCC1CCOCC1.I. The van der Waals surface area contributed by atoms with Crippen LogP contribution in [0, 0.1) is 5.92 Å². The first-order valence-electron chi connectivity index (χ1n) is 9.23. The molecule has 0 radical (unpaired) electrons. The first-order chi connectivity index (χ1) is 12.3. The molecule has 0 amide bonds. The summed E-state index contributed by atoms with van der Waals surface area (Å²) in [5.74, 6) is 2.74. The highest BCUT2D eigenvalue weighted by molar-refractivity contribution is 14.0. The van der Waals surface area contributed by atoms with Gasteiger partial charge < -0.3 is 19.4 Å². The maximum atomic E-state index is 5.87. The van der Waals surface area contributed by atoms with Gasteiger partial charge in [0.2, 0.25) is 0 Å². The number of nitrogens with zero attached hydrogens (tertiary/aromatic N) is 2. The Hall–Kier alpha value is -1.28. The Kier molecular flexibility index (Phi) is 8.71. The third-order valence-electron chi connectivity index (χ3n) is 4.92. The lowest BCUT2D eigenvalue weighted by Crippen LogP contribution is -2.40. The summed E-state index contributed by atoms with van der Waals surface area (Å²) in [6, 6.07) is 10.3. The van der Waals surface area contributed by atoms with E-state index in [-0.39, 0.29) is 24.0 Å². The molecule has 6 heteroatoms. The average Bonchev–Trinajstić information content (AvgIpc) is 3.07. The van der Waals surface area contributed by atoms with Crippen molar-refractivity contribution in [1.29, 1.82) is 0 Å². The van der Waals surface area contributed by atoms with E-state index in [0.717, 1.165) is 61.3 Å². The minimum atomic E-state index is 0. The van der Waals surface area contributed by atoms with Crippen LogP contribution in [0.15, 0.2) is 39.7 Å². The fourth-order valence-electron chi connectivity index (χ4n) is 3.36. The standard InChI is InChI=1S/C20H29N3O2.HI/c1-21-20(23(2)12-8-16-9-13-24-14-10-16)22-11-7-18-15-17-5-3-4-6-19(17)25-18;/h3-6,15-16H,7-14H2,1-2H3,(H,21,22);1H. The Morgan fingerprint density at radius 3 is 2.77 bits per heavy atom. The van der Waals surface area contributed by atoms with Crippen LogP contribution in [0.5, 0.6) is 0 Å². The number of nitrogens with one attached hydrogen (secondary N) is 1. The van der Waals surface area contributed by atoms with Gasteiger partial charge in [-0.05, 0) is 37.3 Å². The largest absolute Gasteiger partial charge is 0.461 e. The van der Waals surface area contributed by atoms with Crippen LogP contribution in [-0.2, 0) is 11.2 Å². The molecule has 1 saturated heterocycles. The zero-order chi connectivity index (χ0) is 17.5. The van der Waals surface area contributed by atoms with E-state index in [0.29, 0.717) is 0 Å². The molecule has 144 valence electrons. The average molecular weight is 471 g/mol. The number of para-hydroxylation sites is 1. The molecule has 1 aliphatic rings. The molecule has 0 unspecified atom stereocenters. The third kappa shape index (κ3) is 5.87. The van der Waals surface area contributed by atoms with Gasteiger partial charge in [0.1, 0.15) is 11.3 Å². The fraction of sp³-hybridized carbons (Fsp3) is 0.550. The summed E-state index contributed by atoms with van der Waals surface area (Å²) < 4.78 is 11.3. The Labute approximate surface area is 173 Å². The molecule has 3 rings (SSSR count). The molecule has 1 aromatic carbocycles. The number of guanidine groups is 1. The van der Waals surface area contributed by atoms with E-state index in [1.165, 1.54) is 19.3 Å². The van der Waals surface area contributed by atoms with Crippen molar-refractivity contribution in [1.82, 2.24) is 10.2 Å². The Morgan fingerprint density at radius 2 is 2.04 bits per heavy atom. The van der Waals surface area contributed by atoms with E-state index in [1.54, 1.807) is 0 Å². The van der Waals surface area contributed by atoms with Crippen LogP contribution in [0.25, 0.3) is 11.0 Å². The van der Waals surface area contributed by atoms with Crippen LogP contribution < -0.4 is 5.32 Å². The van der Waals surface area contributed by atoms with Gasteiger partial charge >= 0.3 is 0 Å². The van der Waals surface area contributed by atoms with E-state index in [1.807, 2.05) is 25.2 Å². The van der Waals surface area contributed by atoms with Gasteiger partial charge in [0.25, 0.3) is 0 Å². The minimum Gasteiger partial charge on any atom is -0.461 e. The molecule has 1 aliphatic heterocycles. The summed E-state index contributed by atoms with van der Waals surface area (Å²) in [6.45, 7) is 3.67. The van der Waals surface area contributed by atoms with Crippen molar-refractivity contribution in [3.8, 4) is 0 Å². The van der Waals surface area contributed by atoms with Crippen LogP contribution >= 0.6 is 24.0 Å². The number of rotatable bonds is 6. The Bertz CT molecular complexity index is 662. The zero-order valence-corrected chi connectivity index (χ0v) is 18.1. The molecule has 26 heavy (non-hydrogen) atoms. The molecule has 2 heterocycles. The van der Waals surface area contributed by atoms with Crippen LogP contribution in [0.1, 0.15) is 25.0 Å². The van der Waals surface area contributed by atoms with Gasteiger partial charge in [0, 0.05) is 52.2 Å². The number of fused-ring (bicyclic) bond motifs is 1. The predicted octanol–water partition coefficient (Wildman–Crippen LogP) is 3.92. The second kappa shape index (κ2) is 10.8.